The van der Waals surface area contributed by atoms with Gasteiger partial charge in [0.15, 0.2) is 0 Å². The lowest BCUT2D eigenvalue weighted by molar-refractivity contribution is 0.0911. The van der Waals surface area contributed by atoms with E-state index in [-0.39, 0.29) is 11.6 Å². The number of halogens is 1. The van der Waals surface area contributed by atoms with E-state index < -0.39 is 0 Å². The van der Waals surface area contributed by atoms with Crippen molar-refractivity contribution in [2.75, 3.05) is 13.6 Å². The first kappa shape index (κ1) is 15.5. The number of nitrogens with two attached hydrogens (primary N) is 1. The van der Waals surface area contributed by atoms with Gasteiger partial charge in [0.1, 0.15) is 0 Å². The molecule has 3 heteroatoms. The summed E-state index contributed by atoms with van der Waals surface area (Å²) >= 11 is 6.28. The summed E-state index contributed by atoms with van der Waals surface area (Å²) in [6.07, 6.45) is 2.22. The first-order valence-corrected chi connectivity index (χ1v) is 7.01. The summed E-state index contributed by atoms with van der Waals surface area (Å²) in [5, 5.41) is 0.827. The van der Waals surface area contributed by atoms with E-state index in [0.29, 0.717) is 6.54 Å². The van der Waals surface area contributed by atoms with Gasteiger partial charge in [0.2, 0.25) is 0 Å². The largest absolute Gasteiger partial charge is 0.329 e. The van der Waals surface area contributed by atoms with Crippen molar-refractivity contribution in [1.29, 1.82) is 0 Å². The lowest BCUT2D eigenvalue weighted by Gasteiger charge is -2.42. The summed E-state index contributed by atoms with van der Waals surface area (Å²) in [5.41, 5.74) is 7.16. The lowest BCUT2D eigenvalue weighted by atomic mass is 9.91. The molecule has 0 aromatic heterocycles. The summed E-state index contributed by atoms with van der Waals surface area (Å²) in [5.74, 6) is 0. The fourth-order valence-electron chi connectivity index (χ4n) is 2.45. The average molecular weight is 269 g/mol. The van der Waals surface area contributed by atoms with Crippen LogP contribution in [0.3, 0.4) is 0 Å². The van der Waals surface area contributed by atoms with Crippen molar-refractivity contribution in [1.82, 2.24) is 4.90 Å². The minimum Gasteiger partial charge on any atom is -0.329 e. The van der Waals surface area contributed by atoms with Gasteiger partial charge in [-0.25, -0.2) is 0 Å². The molecule has 102 valence electrons. The molecular formula is C15H25ClN2. The lowest BCUT2D eigenvalue weighted by Crippen LogP contribution is -2.50. The van der Waals surface area contributed by atoms with E-state index >= 15 is 0 Å². The van der Waals surface area contributed by atoms with Crippen molar-refractivity contribution in [3.05, 3.63) is 34.9 Å². The predicted molar refractivity (Wildman–Crippen MR) is 80.0 cm³/mol. The molecule has 2 N–H and O–H groups in total. The highest BCUT2D eigenvalue weighted by molar-refractivity contribution is 6.31. The van der Waals surface area contributed by atoms with E-state index in [1.165, 1.54) is 0 Å². The highest BCUT2D eigenvalue weighted by atomic mass is 35.5. The van der Waals surface area contributed by atoms with Gasteiger partial charge in [0.05, 0.1) is 0 Å². The van der Waals surface area contributed by atoms with Crippen LogP contribution in [0.25, 0.3) is 0 Å². The maximum Gasteiger partial charge on any atom is 0.0453 e. The van der Waals surface area contributed by atoms with Crippen LogP contribution in [0.4, 0.5) is 0 Å². The van der Waals surface area contributed by atoms with Crippen LogP contribution in [0.1, 0.15) is 45.2 Å². The zero-order chi connectivity index (χ0) is 13.8. The van der Waals surface area contributed by atoms with Gasteiger partial charge in [0.25, 0.3) is 0 Å². The van der Waals surface area contributed by atoms with E-state index in [0.717, 1.165) is 23.4 Å². The van der Waals surface area contributed by atoms with Gasteiger partial charge in [-0.2, -0.15) is 0 Å². The molecule has 0 radical (unpaired) electrons. The van der Waals surface area contributed by atoms with Crippen molar-refractivity contribution in [2.45, 2.75) is 45.2 Å². The van der Waals surface area contributed by atoms with Gasteiger partial charge in [-0.3, -0.25) is 4.90 Å². The quantitative estimate of drug-likeness (QED) is 0.849. The maximum atomic E-state index is 6.28. The number of benzene rings is 1. The van der Waals surface area contributed by atoms with E-state index in [2.05, 4.69) is 38.8 Å². The molecule has 0 amide bonds. The smallest absolute Gasteiger partial charge is 0.0453 e. The second kappa shape index (κ2) is 6.55. The van der Waals surface area contributed by atoms with Crippen molar-refractivity contribution >= 4 is 11.6 Å². The Morgan fingerprint density at radius 2 is 2.00 bits per heavy atom. The third kappa shape index (κ3) is 3.25. The summed E-state index contributed by atoms with van der Waals surface area (Å²) in [7, 11) is 2.14. The predicted octanol–water partition coefficient (Wildman–Crippen LogP) is 3.85. The van der Waals surface area contributed by atoms with Crippen LogP contribution in [-0.4, -0.2) is 24.0 Å². The van der Waals surface area contributed by atoms with Crippen LogP contribution >= 0.6 is 11.6 Å². The Morgan fingerprint density at radius 3 is 2.50 bits per heavy atom. The Balaban J connectivity index is 2.96. The van der Waals surface area contributed by atoms with Gasteiger partial charge in [-0.05, 0) is 38.9 Å². The molecule has 1 aromatic carbocycles. The summed E-state index contributed by atoms with van der Waals surface area (Å²) in [4.78, 5) is 2.34. The Hall–Kier alpha value is -0.570. The summed E-state index contributed by atoms with van der Waals surface area (Å²) in [6, 6.07) is 8.30. The van der Waals surface area contributed by atoms with E-state index in [4.69, 9.17) is 17.3 Å². The molecule has 2 atom stereocenters. The number of hydrogen-bond donors (Lipinski definition) is 1. The highest BCUT2D eigenvalue weighted by Crippen LogP contribution is 2.32. The standard InChI is InChI=1S/C15H25ClN2/c1-5-10-15(3,11-17)18(4)12(2)13-8-6-7-9-14(13)16/h6-9,12H,5,10-11,17H2,1-4H3. The molecule has 0 saturated carbocycles. The monoisotopic (exact) mass is 268 g/mol. The molecule has 1 rings (SSSR count). The third-order valence-electron chi connectivity index (χ3n) is 4.02. The van der Waals surface area contributed by atoms with E-state index in [9.17, 15) is 0 Å². The fraction of sp³-hybridized carbons (Fsp3) is 0.600. The molecule has 0 saturated heterocycles. The zero-order valence-electron chi connectivity index (χ0n) is 11.9. The third-order valence-corrected chi connectivity index (χ3v) is 4.36. The number of rotatable bonds is 6. The fourth-order valence-corrected chi connectivity index (χ4v) is 2.74. The molecule has 2 nitrogen and oxygen atoms in total. The van der Waals surface area contributed by atoms with Crippen LogP contribution in [0.5, 0.6) is 0 Å². The summed E-state index contributed by atoms with van der Waals surface area (Å²) in [6.45, 7) is 7.27. The molecule has 0 aliphatic heterocycles. The van der Waals surface area contributed by atoms with Crippen LogP contribution in [0, 0.1) is 0 Å². The molecule has 2 unspecified atom stereocenters. The zero-order valence-corrected chi connectivity index (χ0v) is 12.7. The molecule has 1 aromatic rings. The number of likely N-dealkylation sites (N-methyl/N-ethyl adjacent to an activating group) is 1. The molecule has 0 aliphatic carbocycles. The van der Waals surface area contributed by atoms with E-state index in [1.54, 1.807) is 0 Å². The molecular weight excluding hydrogens is 244 g/mol. The van der Waals surface area contributed by atoms with Crippen molar-refractivity contribution in [3.63, 3.8) is 0 Å². The van der Waals surface area contributed by atoms with Gasteiger partial charge in [-0.1, -0.05) is 43.1 Å². The second-order valence-electron chi connectivity index (χ2n) is 5.26. The first-order valence-electron chi connectivity index (χ1n) is 6.63. The number of hydrogen-bond acceptors (Lipinski definition) is 2. The Morgan fingerprint density at radius 1 is 1.39 bits per heavy atom. The molecule has 18 heavy (non-hydrogen) atoms. The van der Waals surface area contributed by atoms with Crippen LogP contribution < -0.4 is 5.73 Å². The van der Waals surface area contributed by atoms with Gasteiger partial charge in [0, 0.05) is 23.1 Å². The maximum absolute atomic E-state index is 6.28. The second-order valence-corrected chi connectivity index (χ2v) is 5.67. The van der Waals surface area contributed by atoms with Gasteiger partial charge < -0.3 is 5.73 Å². The minimum atomic E-state index is 0.0212. The minimum absolute atomic E-state index is 0.0212. The average Bonchev–Trinajstić information content (AvgIpc) is 2.37. The highest BCUT2D eigenvalue weighted by Gasteiger charge is 2.31. The van der Waals surface area contributed by atoms with Crippen LogP contribution in [0.2, 0.25) is 5.02 Å². The Bertz CT molecular complexity index is 381. The topological polar surface area (TPSA) is 29.3 Å². The molecule has 0 heterocycles. The molecule has 0 fully saturated rings. The van der Waals surface area contributed by atoms with Crippen molar-refractivity contribution in [3.8, 4) is 0 Å². The van der Waals surface area contributed by atoms with Gasteiger partial charge >= 0.3 is 0 Å². The van der Waals surface area contributed by atoms with Crippen LogP contribution in [0.15, 0.2) is 24.3 Å². The summed E-state index contributed by atoms with van der Waals surface area (Å²) < 4.78 is 0. The Labute approximate surface area is 116 Å². The van der Waals surface area contributed by atoms with E-state index in [1.807, 2.05) is 18.2 Å². The number of nitrogens with zero attached hydrogens (tertiary/aromatic N) is 1. The molecule has 0 bridgehead atoms. The van der Waals surface area contributed by atoms with Crippen LogP contribution in [-0.2, 0) is 0 Å². The van der Waals surface area contributed by atoms with Gasteiger partial charge in [-0.15, -0.1) is 0 Å². The normalized spacial score (nSPS) is 16.6. The Kier molecular flexibility index (Phi) is 5.64. The van der Waals surface area contributed by atoms with Crippen molar-refractivity contribution < 1.29 is 0 Å². The first-order chi connectivity index (χ1) is 8.46. The SMILES string of the molecule is CCCC(C)(CN)N(C)C(C)c1ccccc1Cl. The molecule has 0 aliphatic rings. The van der Waals surface area contributed by atoms with Crippen molar-refractivity contribution in [2.24, 2.45) is 5.73 Å². The molecule has 0 spiro atoms.